The van der Waals surface area contributed by atoms with Crippen LogP contribution in [0.4, 0.5) is 18.9 Å². The van der Waals surface area contributed by atoms with Crippen LogP contribution in [0.5, 0.6) is 5.75 Å². The molecule has 1 saturated heterocycles. The van der Waals surface area contributed by atoms with Crippen molar-refractivity contribution in [3.05, 3.63) is 59.2 Å². The fourth-order valence-corrected chi connectivity index (χ4v) is 4.50. The van der Waals surface area contributed by atoms with Gasteiger partial charge in [-0.25, -0.2) is 0 Å². The zero-order valence-corrected chi connectivity index (χ0v) is 18.4. The Bertz CT molecular complexity index is 1150. The summed E-state index contributed by atoms with van der Waals surface area (Å²) in [4.78, 5) is 28.9. The molecule has 0 aromatic heterocycles. The van der Waals surface area contributed by atoms with Crippen molar-refractivity contribution in [2.45, 2.75) is 30.5 Å². The molecule has 1 aliphatic heterocycles. The van der Waals surface area contributed by atoms with E-state index in [2.05, 4.69) is 0 Å². The number of ether oxygens (including phenoxy) is 1. The summed E-state index contributed by atoms with van der Waals surface area (Å²) in [6, 6.07) is 11.2. The van der Waals surface area contributed by atoms with E-state index in [4.69, 9.17) is 15.7 Å². The van der Waals surface area contributed by atoms with Gasteiger partial charge in [-0.15, -0.1) is 0 Å². The number of nitrogens with zero attached hydrogens (tertiary/aromatic N) is 3. The number of hydrogen-bond acceptors (Lipinski definition) is 5. The molecule has 178 valence electrons. The number of anilines is 1. The van der Waals surface area contributed by atoms with Gasteiger partial charge in [-0.05, 0) is 48.7 Å². The Morgan fingerprint density at radius 2 is 1.82 bits per heavy atom. The number of carbonyl (C=O) groups is 2. The van der Waals surface area contributed by atoms with E-state index < -0.39 is 34.7 Å². The Morgan fingerprint density at radius 1 is 1.15 bits per heavy atom. The highest BCUT2D eigenvalue weighted by molar-refractivity contribution is 5.95. The van der Waals surface area contributed by atoms with Crippen LogP contribution in [0.2, 0.25) is 0 Å². The van der Waals surface area contributed by atoms with E-state index in [9.17, 15) is 22.8 Å². The Morgan fingerprint density at radius 3 is 2.35 bits per heavy atom. The molecule has 34 heavy (non-hydrogen) atoms. The number of hydrogen-bond donors (Lipinski definition) is 1. The van der Waals surface area contributed by atoms with E-state index in [-0.39, 0.29) is 31.2 Å². The van der Waals surface area contributed by atoms with Gasteiger partial charge in [0.25, 0.3) is 0 Å². The van der Waals surface area contributed by atoms with Crippen LogP contribution in [-0.2, 0) is 21.2 Å². The van der Waals surface area contributed by atoms with Gasteiger partial charge in [0.05, 0.1) is 29.7 Å². The summed E-state index contributed by atoms with van der Waals surface area (Å²) >= 11 is 0. The molecule has 1 heterocycles. The van der Waals surface area contributed by atoms with Crippen LogP contribution in [-0.4, -0.2) is 49.5 Å². The van der Waals surface area contributed by atoms with Crippen molar-refractivity contribution >= 4 is 17.5 Å². The van der Waals surface area contributed by atoms with Crippen molar-refractivity contribution in [1.29, 1.82) is 5.26 Å². The largest absolute Gasteiger partial charge is 0.497 e. The highest BCUT2D eigenvalue weighted by Crippen LogP contribution is 2.50. The Hall–Kier alpha value is -3.74. The summed E-state index contributed by atoms with van der Waals surface area (Å²) in [6.45, 7) is 0.312. The number of rotatable bonds is 5. The first-order chi connectivity index (χ1) is 16.1. The maximum Gasteiger partial charge on any atom is 0.417 e. The first kappa shape index (κ1) is 23.4. The lowest BCUT2D eigenvalue weighted by Gasteiger charge is -2.42. The van der Waals surface area contributed by atoms with Crippen LogP contribution < -0.4 is 15.4 Å². The number of carbonyl (C=O) groups excluding carboxylic acids is 2. The maximum absolute atomic E-state index is 13.5. The number of nitrogens with two attached hydrogens (primary N) is 1. The molecule has 2 aromatic carbocycles. The highest BCUT2D eigenvalue weighted by atomic mass is 19.4. The van der Waals surface area contributed by atoms with Gasteiger partial charge in [-0.1, -0.05) is 12.1 Å². The number of piperazine rings is 1. The molecule has 2 fully saturated rings. The van der Waals surface area contributed by atoms with Gasteiger partial charge >= 0.3 is 6.18 Å². The van der Waals surface area contributed by atoms with Gasteiger partial charge in [-0.3, -0.25) is 9.59 Å². The SMILES string of the molecule is COc1ccc(C2(C(=O)N3CCN(c4ccc(C#N)c(C(F)(F)F)c4)CC3C(N)=O)CC2)cc1. The highest BCUT2D eigenvalue weighted by Gasteiger charge is 2.55. The molecule has 2 N–H and O–H groups in total. The molecule has 4 rings (SSSR count). The van der Waals surface area contributed by atoms with Gasteiger partial charge in [0, 0.05) is 25.3 Å². The topological polar surface area (TPSA) is 99.7 Å². The number of nitriles is 1. The zero-order chi connectivity index (χ0) is 24.7. The summed E-state index contributed by atoms with van der Waals surface area (Å²) < 4.78 is 45.4. The third-order valence-electron chi connectivity index (χ3n) is 6.57. The zero-order valence-electron chi connectivity index (χ0n) is 18.4. The second kappa shape index (κ2) is 8.56. The molecule has 1 aliphatic carbocycles. The monoisotopic (exact) mass is 472 g/mol. The maximum atomic E-state index is 13.5. The van der Waals surface area contributed by atoms with E-state index in [0.717, 1.165) is 17.7 Å². The van der Waals surface area contributed by atoms with E-state index >= 15 is 0 Å². The van der Waals surface area contributed by atoms with Crippen molar-refractivity contribution in [2.24, 2.45) is 5.73 Å². The number of alkyl halides is 3. The van der Waals surface area contributed by atoms with Gasteiger partial charge in [0.15, 0.2) is 0 Å². The van der Waals surface area contributed by atoms with Crippen molar-refractivity contribution in [1.82, 2.24) is 4.90 Å². The quantitative estimate of drug-likeness (QED) is 0.722. The summed E-state index contributed by atoms with van der Waals surface area (Å²) in [5, 5.41) is 9.02. The Kier molecular flexibility index (Phi) is 5.89. The molecule has 0 radical (unpaired) electrons. The number of amides is 2. The molecule has 1 unspecified atom stereocenters. The van der Waals surface area contributed by atoms with Crippen LogP contribution in [0.3, 0.4) is 0 Å². The minimum Gasteiger partial charge on any atom is -0.497 e. The number of benzene rings is 2. The van der Waals surface area contributed by atoms with Crippen molar-refractivity contribution in [2.75, 3.05) is 31.6 Å². The smallest absolute Gasteiger partial charge is 0.417 e. The standard InChI is InChI=1S/C24H23F3N4O3/c1-34-18-6-3-16(4-7-18)23(8-9-23)22(33)31-11-10-30(14-20(31)21(29)32)17-5-2-15(13-28)19(12-17)24(25,26)27/h2-7,12,20H,8-11,14H2,1H3,(H2,29,32). The Labute approximate surface area is 194 Å². The Balaban J connectivity index is 1.58. The van der Waals surface area contributed by atoms with E-state index in [1.807, 2.05) is 12.1 Å². The molecule has 0 spiro atoms. The molecule has 2 aromatic rings. The molecule has 10 heteroatoms. The normalized spacial score (nSPS) is 19.3. The van der Waals surface area contributed by atoms with Crippen molar-refractivity contribution in [3.8, 4) is 11.8 Å². The lowest BCUT2D eigenvalue weighted by Crippen LogP contribution is -2.61. The first-order valence-electron chi connectivity index (χ1n) is 10.7. The third-order valence-corrected chi connectivity index (χ3v) is 6.57. The number of primary amides is 1. The molecular formula is C24H23F3N4O3. The molecule has 0 bridgehead atoms. The summed E-state index contributed by atoms with van der Waals surface area (Å²) in [5.41, 5.74) is 4.40. The van der Waals surface area contributed by atoms with E-state index in [1.165, 1.54) is 11.0 Å². The van der Waals surface area contributed by atoms with Gasteiger partial charge in [0.2, 0.25) is 11.8 Å². The minimum atomic E-state index is -4.70. The predicted octanol–water partition coefficient (Wildman–Crippen LogP) is 2.82. The lowest BCUT2D eigenvalue weighted by atomic mass is 9.92. The van der Waals surface area contributed by atoms with Crippen LogP contribution in [0.15, 0.2) is 42.5 Å². The fourth-order valence-electron chi connectivity index (χ4n) is 4.50. The van der Waals surface area contributed by atoms with Gasteiger partial charge in [-0.2, -0.15) is 18.4 Å². The van der Waals surface area contributed by atoms with Crippen LogP contribution in [0.1, 0.15) is 29.5 Å². The van der Waals surface area contributed by atoms with Crippen molar-refractivity contribution in [3.63, 3.8) is 0 Å². The fraction of sp³-hybridized carbons (Fsp3) is 0.375. The lowest BCUT2D eigenvalue weighted by molar-refractivity contribution is -0.142. The van der Waals surface area contributed by atoms with Crippen LogP contribution in [0.25, 0.3) is 0 Å². The average Bonchev–Trinajstić information content (AvgIpc) is 3.64. The van der Waals surface area contributed by atoms with E-state index in [1.54, 1.807) is 30.2 Å². The van der Waals surface area contributed by atoms with Crippen molar-refractivity contribution < 1.29 is 27.5 Å². The number of methoxy groups -OCH3 is 1. The summed E-state index contributed by atoms with van der Waals surface area (Å²) in [7, 11) is 1.55. The molecule has 1 atom stereocenters. The summed E-state index contributed by atoms with van der Waals surface area (Å²) in [5.74, 6) is -0.276. The second-order valence-electron chi connectivity index (χ2n) is 8.51. The van der Waals surface area contributed by atoms with Gasteiger partial charge in [0.1, 0.15) is 11.8 Å². The number of halogens is 3. The molecule has 7 nitrogen and oxygen atoms in total. The average molecular weight is 472 g/mol. The van der Waals surface area contributed by atoms with Crippen LogP contribution >= 0.6 is 0 Å². The summed E-state index contributed by atoms with van der Waals surface area (Å²) in [6.07, 6.45) is -3.43. The first-order valence-corrected chi connectivity index (χ1v) is 10.7. The second-order valence-corrected chi connectivity index (χ2v) is 8.51. The predicted molar refractivity (Wildman–Crippen MR) is 117 cm³/mol. The molecule has 2 amide bonds. The van der Waals surface area contributed by atoms with E-state index in [0.29, 0.717) is 18.6 Å². The van der Waals surface area contributed by atoms with Crippen LogP contribution in [0, 0.1) is 11.3 Å². The molecule has 2 aliphatic rings. The third kappa shape index (κ3) is 4.14. The minimum absolute atomic E-state index is 0.0387. The van der Waals surface area contributed by atoms with Gasteiger partial charge < -0.3 is 20.3 Å². The molecule has 1 saturated carbocycles. The molecular weight excluding hydrogens is 449 g/mol.